The predicted octanol–water partition coefficient (Wildman–Crippen LogP) is 1.61. The van der Waals surface area contributed by atoms with E-state index in [0.29, 0.717) is 30.2 Å². The van der Waals surface area contributed by atoms with Gasteiger partial charge >= 0.3 is 0 Å². The second-order valence-corrected chi connectivity index (χ2v) is 7.23. The molecule has 1 aromatic carbocycles. The number of methoxy groups -OCH3 is 1. The number of hydrogen-bond donors (Lipinski definition) is 1. The van der Waals surface area contributed by atoms with Gasteiger partial charge in [-0.2, -0.15) is 5.26 Å². The van der Waals surface area contributed by atoms with Gasteiger partial charge in [0.1, 0.15) is 18.2 Å². The minimum absolute atomic E-state index is 0.0290. The summed E-state index contributed by atoms with van der Waals surface area (Å²) in [7, 11) is 1.58. The van der Waals surface area contributed by atoms with E-state index in [1.807, 2.05) is 6.07 Å². The Hall–Kier alpha value is -2.60. The Morgan fingerprint density at radius 2 is 2.17 bits per heavy atom. The van der Waals surface area contributed by atoms with Crippen LogP contribution in [0.2, 0.25) is 0 Å². The molecule has 2 saturated heterocycles. The van der Waals surface area contributed by atoms with Crippen molar-refractivity contribution < 1.29 is 23.7 Å². The van der Waals surface area contributed by atoms with E-state index in [2.05, 4.69) is 10.2 Å². The molecule has 0 unspecified atom stereocenters. The van der Waals surface area contributed by atoms with Gasteiger partial charge in [-0.3, -0.25) is 9.69 Å². The zero-order valence-electron chi connectivity index (χ0n) is 17.4. The van der Waals surface area contributed by atoms with E-state index in [1.165, 1.54) is 0 Å². The first-order chi connectivity index (χ1) is 14.7. The molecular weight excluding hydrogens is 386 g/mol. The van der Waals surface area contributed by atoms with Gasteiger partial charge in [0, 0.05) is 32.8 Å². The van der Waals surface area contributed by atoms with E-state index in [9.17, 15) is 10.1 Å². The number of nitriles is 1. The van der Waals surface area contributed by atoms with Crippen LogP contribution in [0.25, 0.3) is 6.08 Å². The lowest BCUT2D eigenvalue weighted by molar-refractivity contribution is -0.117. The fourth-order valence-electron chi connectivity index (χ4n) is 3.43. The maximum atomic E-state index is 12.4. The predicted molar refractivity (Wildman–Crippen MR) is 111 cm³/mol. The first-order valence-electron chi connectivity index (χ1n) is 10.3. The van der Waals surface area contributed by atoms with Crippen LogP contribution in [0.15, 0.2) is 23.8 Å². The molecule has 0 saturated carbocycles. The second kappa shape index (κ2) is 11.6. The van der Waals surface area contributed by atoms with Crippen LogP contribution in [0.4, 0.5) is 0 Å². The Morgan fingerprint density at radius 3 is 2.87 bits per heavy atom. The molecule has 8 heteroatoms. The van der Waals surface area contributed by atoms with Gasteiger partial charge in [0.15, 0.2) is 11.5 Å². The quantitative estimate of drug-likeness (QED) is 0.484. The van der Waals surface area contributed by atoms with Gasteiger partial charge in [-0.1, -0.05) is 6.07 Å². The number of nitrogens with zero attached hydrogens (tertiary/aromatic N) is 2. The summed E-state index contributed by atoms with van der Waals surface area (Å²) in [4.78, 5) is 14.6. The molecular formula is C22H29N3O5. The highest BCUT2D eigenvalue weighted by Gasteiger charge is 2.18. The molecule has 162 valence electrons. The van der Waals surface area contributed by atoms with Crippen molar-refractivity contribution in [3.8, 4) is 17.6 Å². The van der Waals surface area contributed by atoms with E-state index in [-0.39, 0.29) is 11.7 Å². The Morgan fingerprint density at radius 1 is 1.33 bits per heavy atom. The van der Waals surface area contributed by atoms with Crippen LogP contribution >= 0.6 is 0 Å². The number of ether oxygens (including phenoxy) is 4. The summed E-state index contributed by atoms with van der Waals surface area (Å²) in [6.45, 7) is 5.73. The second-order valence-electron chi connectivity index (χ2n) is 7.23. The zero-order valence-corrected chi connectivity index (χ0v) is 17.4. The minimum atomic E-state index is -0.404. The molecule has 0 spiro atoms. The number of benzene rings is 1. The Balaban J connectivity index is 1.61. The standard InChI is InChI=1S/C22H29N3O5/c1-27-20-5-4-17(14-21(20)30-12-8-25-6-10-28-11-7-25)13-18(15-23)22(26)24-16-19-3-2-9-29-19/h4-5,13-14,19H,2-3,6-12,16H2,1H3,(H,24,26)/b18-13+/t19-/m0/s1. The van der Waals surface area contributed by atoms with Gasteiger partial charge in [0.2, 0.25) is 0 Å². The van der Waals surface area contributed by atoms with Crippen LogP contribution in [0, 0.1) is 11.3 Å². The fourth-order valence-corrected chi connectivity index (χ4v) is 3.43. The molecule has 2 fully saturated rings. The molecule has 0 aromatic heterocycles. The third kappa shape index (κ3) is 6.46. The molecule has 0 radical (unpaired) electrons. The summed E-state index contributed by atoms with van der Waals surface area (Å²) >= 11 is 0. The molecule has 8 nitrogen and oxygen atoms in total. The van der Waals surface area contributed by atoms with E-state index >= 15 is 0 Å². The highest BCUT2D eigenvalue weighted by molar-refractivity contribution is 6.01. The molecule has 1 atom stereocenters. The average molecular weight is 415 g/mol. The first-order valence-corrected chi connectivity index (χ1v) is 10.3. The van der Waals surface area contributed by atoms with Crippen molar-refractivity contribution in [3.05, 3.63) is 29.3 Å². The van der Waals surface area contributed by atoms with E-state index < -0.39 is 5.91 Å². The molecule has 3 rings (SSSR count). The number of nitrogens with one attached hydrogen (secondary N) is 1. The molecule has 2 aliphatic heterocycles. The maximum Gasteiger partial charge on any atom is 0.262 e. The van der Waals surface area contributed by atoms with Crippen LogP contribution < -0.4 is 14.8 Å². The highest BCUT2D eigenvalue weighted by Crippen LogP contribution is 2.29. The van der Waals surface area contributed by atoms with Crippen LogP contribution in [-0.2, 0) is 14.3 Å². The summed E-state index contributed by atoms with van der Waals surface area (Å²) in [5, 5.41) is 12.2. The summed E-state index contributed by atoms with van der Waals surface area (Å²) in [5.41, 5.74) is 0.735. The fraction of sp³-hybridized carbons (Fsp3) is 0.545. The number of amides is 1. The average Bonchev–Trinajstić information content (AvgIpc) is 3.30. The van der Waals surface area contributed by atoms with Crippen LogP contribution in [0.5, 0.6) is 11.5 Å². The molecule has 0 aliphatic carbocycles. The molecule has 1 aromatic rings. The lowest BCUT2D eigenvalue weighted by Crippen LogP contribution is -2.38. The lowest BCUT2D eigenvalue weighted by Gasteiger charge is -2.26. The number of carbonyl (C=O) groups excluding carboxylic acids is 1. The Labute approximate surface area is 177 Å². The SMILES string of the molecule is COc1ccc(/C=C(\C#N)C(=O)NC[C@@H]2CCCO2)cc1OCCN1CCOCC1. The molecule has 30 heavy (non-hydrogen) atoms. The summed E-state index contributed by atoms with van der Waals surface area (Å²) in [6.07, 6.45) is 3.51. The largest absolute Gasteiger partial charge is 0.493 e. The van der Waals surface area contributed by atoms with Crippen molar-refractivity contribution in [2.75, 3.05) is 59.7 Å². The van der Waals surface area contributed by atoms with Crippen molar-refractivity contribution in [3.63, 3.8) is 0 Å². The van der Waals surface area contributed by atoms with Crippen LogP contribution in [-0.4, -0.2) is 76.6 Å². The summed E-state index contributed by atoms with van der Waals surface area (Å²) in [6, 6.07) is 7.32. The molecule has 1 N–H and O–H groups in total. The third-order valence-electron chi connectivity index (χ3n) is 5.15. The van der Waals surface area contributed by atoms with Crippen molar-refractivity contribution in [1.29, 1.82) is 5.26 Å². The lowest BCUT2D eigenvalue weighted by atomic mass is 10.1. The van der Waals surface area contributed by atoms with Crippen molar-refractivity contribution in [1.82, 2.24) is 10.2 Å². The monoisotopic (exact) mass is 415 g/mol. The van der Waals surface area contributed by atoms with Crippen LogP contribution in [0.1, 0.15) is 18.4 Å². The zero-order chi connectivity index (χ0) is 21.2. The smallest absolute Gasteiger partial charge is 0.262 e. The van der Waals surface area contributed by atoms with Gasteiger partial charge in [-0.05, 0) is 36.6 Å². The molecule has 2 heterocycles. The molecule has 0 bridgehead atoms. The first kappa shape index (κ1) is 22.1. The maximum absolute atomic E-state index is 12.4. The van der Waals surface area contributed by atoms with E-state index in [0.717, 1.165) is 52.3 Å². The van der Waals surface area contributed by atoms with Crippen LogP contribution in [0.3, 0.4) is 0 Å². The highest BCUT2D eigenvalue weighted by atomic mass is 16.5. The third-order valence-corrected chi connectivity index (χ3v) is 5.15. The van der Waals surface area contributed by atoms with Gasteiger partial charge in [0.25, 0.3) is 5.91 Å². The number of rotatable bonds is 9. The number of morpholine rings is 1. The summed E-state index contributed by atoms with van der Waals surface area (Å²) in [5.74, 6) is 0.783. The Bertz CT molecular complexity index is 777. The van der Waals surface area contributed by atoms with Gasteiger partial charge in [-0.25, -0.2) is 0 Å². The molecule has 1 amide bonds. The normalized spacial score (nSPS) is 19.9. The number of hydrogen-bond acceptors (Lipinski definition) is 7. The van der Waals surface area contributed by atoms with Crippen molar-refractivity contribution in [2.24, 2.45) is 0 Å². The Kier molecular flexibility index (Phi) is 8.51. The topological polar surface area (TPSA) is 93.0 Å². The number of carbonyl (C=O) groups is 1. The van der Waals surface area contributed by atoms with Gasteiger partial charge < -0.3 is 24.3 Å². The van der Waals surface area contributed by atoms with Crippen molar-refractivity contribution in [2.45, 2.75) is 18.9 Å². The van der Waals surface area contributed by atoms with E-state index in [1.54, 1.807) is 31.4 Å². The molecule has 2 aliphatic rings. The summed E-state index contributed by atoms with van der Waals surface area (Å²) < 4.78 is 22.2. The van der Waals surface area contributed by atoms with Crippen molar-refractivity contribution >= 4 is 12.0 Å². The minimum Gasteiger partial charge on any atom is -0.493 e. The van der Waals surface area contributed by atoms with Gasteiger partial charge in [-0.15, -0.1) is 0 Å². The van der Waals surface area contributed by atoms with Gasteiger partial charge in [0.05, 0.1) is 26.4 Å². The van der Waals surface area contributed by atoms with E-state index in [4.69, 9.17) is 18.9 Å².